The molecule has 25 heavy (non-hydrogen) atoms. The molecule has 0 heterocycles. The van der Waals surface area contributed by atoms with E-state index in [1.807, 2.05) is 30.3 Å². The van der Waals surface area contributed by atoms with E-state index in [-0.39, 0.29) is 18.1 Å². The number of hydrogen-bond donors (Lipinski definition) is 0. The predicted octanol–water partition coefficient (Wildman–Crippen LogP) is 3.18. The maximum absolute atomic E-state index is 12.8. The lowest BCUT2D eigenvalue weighted by Gasteiger charge is -2.12. The Morgan fingerprint density at radius 2 is 1.72 bits per heavy atom. The monoisotopic (exact) mass is 362 g/mol. The predicted molar refractivity (Wildman–Crippen MR) is 92.9 cm³/mol. The van der Waals surface area contributed by atoms with Crippen LogP contribution in [0.1, 0.15) is 12.0 Å². The van der Waals surface area contributed by atoms with Crippen LogP contribution in [0.2, 0.25) is 0 Å². The Labute approximate surface area is 147 Å². The molecule has 0 aromatic heterocycles. The number of rotatable bonds is 9. The number of ether oxygens (including phenoxy) is 1. The first-order chi connectivity index (χ1) is 12.0. The summed E-state index contributed by atoms with van der Waals surface area (Å²) in [5.74, 6) is 2.02. The first kappa shape index (κ1) is 19.1. The van der Waals surface area contributed by atoms with Crippen molar-refractivity contribution in [1.82, 2.24) is 0 Å². The van der Waals surface area contributed by atoms with Crippen molar-refractivity contribution in [1.29, 1.82) is 0 Å². The van der Waals surface area contributed by atoms with E-state index in [0.717, 1.165) is 36.2 Å². The molecule has 2 aromatic rings. The van der Waals surface area contributed by atoms with Gasteiger partial charge in [-0.15, -0.1) is 6.42 Å². The van der Waals surface area contributed by atoms with Crippen LogP contribution in [-0.2, 0) is 25.5 Å². The van der Waals surface area contributed by atoms with Crippen LogP contribution in [0.4, 0.5) is 4.39 Å². The van der Waals surface area contributed by atoms with Crippen molar-refractivity contribution in [2.24, 2.45) is 0 Å². The van der Waals surface area contributed by atoms with E-state index in [1.165, 1.54) is 0 Å². The second-order valence-electron chi connectivity index (χ2n) is 5.28. The normalized spacial score (nSPS) is 12.5. The van der Waals surface area contributed by atoms with Crippen molar-refractivity contribution < 1.29 is 21.7 Å². The third kappa shape index (κ3) is 6.31. The van der Waals surface area contributed by atoms with Crippen LogP contribution in [-0.4, -0.2) is 27.7 Å². The molecule has 2 rings (SSSR count). The zero-order chi connectivity index (χ0) is 18.1. The van der Waals surface area contributed by atoms with Gasteiger partial charge in [-0.1, -0.05) is 36.3 Å². The maximum Gasteiger partial charge on any atom is 0.297 e. The number of aryl methyl sites for hydroxylation is 1. The third-order valence-electron chi connectivity index (χ3n) is 3.47. The number of hydrogen-bond acceptors (Lipinski definition) is 4. The van der Waals surface area contributed by atoms with Gasteiger partial charge in [0, 0.05) is 0 Å². The largest absolute Gasteiger partial charge is 0.363 e. The lowest BCUT2D eigenvalue weighted by molar-refractivity contribution is 0.0630. The zero-order valence-corrected chi connectivity index (χ0v) is 14.4. The molecule has 4 nitrogen and oxygen atoms in total. The molecular weight excluding hydrogens is 343 g/mol. The summed E-state index contributed by atoms with van der Waals surface area (Å²) in [5.41, 5.74) is 1.15. The lowest BCUT2D eigenvalue weighted by atomic mass is 10.1. The molecule has 0 spiro atoms. The first-order valence-corrected chi connectivity index (χ1v) is 9.19. The summed E-state index contributed by atoms with van der Waals surface area (Å²) in [4.78, 5) is -0.105. The van der Waals surface area contributed by atoms with Gasteiger partial charge in [0.05, 0.1) is 18.1 Å². The molecule has 132 valence electrons. The topological polar surface area (TPSA) is 52.6 Å². The summed E-state index contributed by atoms with van der Waals surface area (Å²) in [7, 11) is -3.94. The van der Waals surface area contributed by atoms with Gasteiger partial charge in [-0.3, -0.25) is 4.18 Å². The molecule has 0 saturated heterocycles. The molecule has 0 bridgehead atoms. The van der Waals surface area contributed by atoms with Crippen LogP contribution in [0.5, 0.6) is 0 Å². The zero-order valence-electron chi connectivity index (χ0n) is 13.6. The van der Waals surface area contributed by atoms with Gasteiger partial charge < -0.3 is 4.74 Å². The van der Waals surface area contributed by atoms with Crippen LogP contribution < -0.4 is 0 Å². The Kier molecular flexibility index (Phi) is 7.14. The molecule has 0 N–H and O–H groups in total. The second-order valence-corrected chi connectivity index (χ2v) is 6.90. The van der Waals surface area contributed by atoms with E-state index >= 15 is 0 Å². The molecule has 1 unspecified atom stereocenters. The fraction of sp³-hybridized carbons (Fsp3) is 0.263. The molecule has 0 aliphatic rings. The van der Waals surface area contributed by atoms with E-state index in [2.05, 4.69) is 5.92 Å². The SMILES string of the molecule is C#CC(CCc1ccccc1)OCCOS(=O)(=O)c1ccc(F)cc1. The molecular formula is C19H19FO4S. The standard InChI is InChI=1S/C19H19FO4S/c1-2-18(11-8-16-6-4-3-5-7-16)23-14-15-24-25(21,22)19-12-9-17(20)10-13-19/h1,3-7,9-10,12-13,18H,8,11,14-15H2. The highest BCUT2D eigenvalue weighted by Gasteiger charge is 2.15. The van der Waals surface area contributed by atoms with Crippen LogP contribution in [0.25, 0.3) is 0 Å². The Morgan fingerprint density at radius 3 is 2.36 bits per heavy atom. The molecule has 0 aliphatic heterocycles. The summed E-state index contributed by atoms with van der Waals surface area (Å²) in [6.45, 7) is -0.118. The Bertz CT molecular complexity index is 796. The van der Waals surface area contributed by atoms with Gasteiger partial charge in [0.1, 0.15) is 11.9 Å². The molecule has 1 atom stereocenters. The van der Waals surface area contributed by atoms with Gasteiger partial charge in [0.15, 0.2) is 0 Å². The van der Waals surface area contributed by atoms with Gasteiger partial charge in [0.2, 0.25) is 0 Å². The van der Waals surface area contributed by atoms with E-state index in [0.29, 0.717) is 6.42 Å². The highest BCUT2D eigenvalue weighted by molar-refractivity contribution is 7.86. The number of benzene rings is 2. The summed E-state index contributed by atoms with van der Waals surface area (Å²) >= 11 is 0. The average molecular weight is 362 g/mol. The first-order valence-electron chi connectivity index (χ1n) is 7.78. The van der Waals surface area contributed by atoms with Crippen molar-refractivity contribution in [2.75, 3.05) is 13.2 Å². The molecule has 2 aromatic carbocycles. The molecule has 0 amide bonds. The van der Waals surface area contributed by atoms with Crippen molar-refractivity contribution in [3.63, 3.8) is 0 Å². The minimum absolute atomic E-state index is 0.0457. The van der Waals surface area contributed by atoms with Gasteiger partial charge in [-0.05, 0) is 42.7 Å². The summed E-state index contributed by atoms with van der Waals surface area (Å²) < 4.78 is 47.0. The number of terminal acetylenes is 1. The number of halogens is 1. The summed E-state index contributed by atoms with van der Waals surface area (Å²) in [5, 5.41) is 0. The van der Waals surface area contributed by atoms with Gasteiger partial charge >= 0.3 is 0 Å². The smallest absolute Gasteiger partial charge is 0.297 e. The third-order valence-corrected chi connectivity index (χ3v) is 4.79. The van der Waals surface area contributed by atoms with E-state index in [1.54, 1.807) is 0 Å². The van der Waals surface area contributed by atoms with Crippen LogP contribution in [0, 0.1) is 18.2 Å². The van der Waals surface area contributed by atoms with Crippen molar-refractivity contribution in [3.05, 3.63) is 66.0 Å². The Morgan fingerprint density at radius 1 is 1.04 bits per heavy atom. The van der Waals surface area contributed by atoms with Crippen LogP contribution >= 0.6 is 0 Å². The molecule has 0 radical (unpaired) electrons. The minimum atomic E-state index is -3.94. The van der Waals surface area contributed by atoms with Gasteiger partial charge in [-0.2, -0.15) is 8.42 Å². The van der Waals surface area contributed by atoms with Crippen LogP contribution in [0.3, 0.4) is 0 Å². The van der Waals surface area contributed by atoms with Gasteiger partial charge in [0.25, 0.3) is 10.1 Å². The highest BCUT2D eigenvalue weighted by Crippen LogP contribution is 2.13. The average Bonchev–Trinajstić information content (AvgIpc) is 2.62. The second kappa shape index (κ2) is 9.33. The Hall–Kier alpha value is -2.20. The summed E-state index contributed by atoms with van der Waals surface area (Å²) in [6.07, 6.45) is 6.42. The molecule has 0 aliphatic carbocycles. The van der Waals surface area contributed by atoms with Gasteiger partial charge in [-0.25, -0.2) is 4.39 Å². The van der Waals surface area contributed by atoms with Crippen LogP contribution in [0.15, 0.2) is 59.5 Å². The fourth-order valence-electron chi connectivity index (χ4n) is 2.16. The van der Waals surface area contributed by atoms with Crippen molar-refractivity contribution in [3.8, 4) is 12.3 Å². The van der Waals surface area contributed by atoms with Crippen molar-refractivity contribution in [2.45, 2.75) is 23.8 Å². The van der Waals surface area contributed by atoms with E-state index < -0.39 is 22.0 Å². The fourth-order valence-corrected chi connectivity index (χ4v) is 3.05. The maximum atomic E-state index is 12.8. The Balaban J connectivity index is 1.75. The highest BCUT2D eigenvalue weighted by atomic mass is 32.2. The summed E-state index contributed by atoms with van der Waals surface area (Å²) in [6, 6.07) is 14.3. The molecule has 0 saturated carbocycles. The molecule has 6 heteroatoms. The minimum Gasteiger partial charge on any atom is -0.363 e. The van der Waals surface area contributed by atoms with E-state index in [4.69, 9.17) is 15.3 Å². The lowest BCUT2D eigenvalue weighted by Crippen LogP contribution is -2.17. The molecule has 0 fully saturated rings. The quantitative estimate of drug-likeness (QED) is 0.391. The van der Waals surface area contributed by atoms with Crippen molar-refractivity contribution >= 4 is 10.1 Å². The van der Waals surface area contributed by atoms with E-state index in [9.17, 15) is 12.8 Å².